The number of likely N-dealkylation sites (tertiary alicyclic amines) is 1. The lowest BCUT2D eigenvalue weighted by atomic mass is 9.87. The number of carbonyl (C=O) groups is 2. The molecule has 1 N–H and O–H groups in total. The number of carbonyl (C=O) groups excluding carboxylic acids is 2. The van der Waals surface area contributed by atoms with Crippen molar-refractivity contribution < 1.29 is 22.8 Å². The fourth-order valence-corrected chi connectivity index (χ4v) is 4.29. The van der Waals surface area contributed by atoms with E-state index < -0.39 is 23.6 Å². The van der Waals surface area contributed by atoms with Gasteiger partial charge in [0.1, 0.15) is 0 Å². The second-order valence-corrected chi connectivity index (χ2v) is 8.12. The van der Waals surface area contributed by atoms with Crippen LogP contribution in [0.2, 0.25) is 0 Å². The highest BCUT2D eigenvalue weighted by Gasteiger charge is 2.41. The van der Waals surface area contributed by atoms with Crippen LogP contribution in [0.1, 0.15) is 46.5 Å². The minimum absolute atomic E-state index is 0.190. The lowest BCUT2D eigenvalue weighted by Gasteiger charge is -2.19. The van der Waals surface area contributed by atoms with E-state index in [-0.39, 0.29) is 24.9 Å². The molecule has 3 rings (SSSR count). The van der Waals surface area contributed by atoms with Gasteiger partial charge >= 0.3 is 6.18 Å². The molecule has 2 heterocycles. The second kappa shape index (κ2) is 8.98. The van der Waals surface area contributed by atoms with Crippen molar-refractivity contribution in [1.82, 2.24) is 10.2 Å². The van der Waals surface area contributed by atoms with Gasteiger partial charge in [-0.25, -0.2) is 0 Å². The van der Waals surface area contributed by atoms with Crippen LogP contribution in [0.5, 0.6) is 0 Å². The molecule has 2 amide bonds. The van der Waals surface area contributed by atoms with Gasteiger partial charge in [0, 0.05) is 25.6 Å². The van der Waals surface area contributed by atoms with Gasteiger partial charge in [0.15, 0.2) is 0 Å². The largest absolute Gasteiger partial charge is 0.416 e. The number of halogens is 3. The average molecular weight is 424 g/mol. The molecule has 29 heavy (non-hydrogen) atoms. The first-order valence-electron chi connectivity index (χ1n) is 9.59. The van der Waals surface area contributed by atoms with Gasteiger partial charge in [-0.2, -0.15) is 13.2 Å². The fraction of sp³-hybridized carbons (Fsp3) is 0.429. The molecule has 0 radical (unpaired) electrons. The van der Waals surface area contributed by atoms with Gasteiger partial charge in [-0.1, -0.05) is 37.6 Å². The van der Waals surface area contributed by atoms with Gasteiger partial charge in [0.2, 0.25) is 5.91 Å². The Morgan fingerprint density at radius 2 is 2.00 bits per heavy atom. The van der Waals surface area contributed by atoms with Crippen molar-refractivity contribution in [3.63, 3.8) is 0 Å². The van der Waals surface area contributed by atoms with E-state index in [1.54, 1.807) is 28.5 Å². The van der Waals surface area contributed by atoms with E-state index in [0.29, 0.717) is 17.0 Å². The summed E-state index contributed by atoms with van der Waals surface area (Å²) >= 11 is 1.31. The fourth-order valence-electron chi connectivity index (χ4n) is 3.59. The van der Waals surface area contributed by atoms with E-state index in [9.17, 15) is 22.8 Å². The third-order valence-electron chi connectivity index (χ3n) is 5.15. The number of nitrogens with zero attached hydrogens (tertiary/aromatic N) is 1. The molecule has 1 aliphatic heterocycles. The normalized spacial score (nSPS) is 19.4. The number of amides is 2. The molecule has 1 fully saturated rings. The van der Waals surface area contributed by atoms with Crippen LogP contribution in [-0.4, -0.2) is 36.3 Å². The highest BCUT2D eigenvalue weighted by atomic mass is 32.1. The van der Waals surface area contributed by atoms with Crippen LogP contribution in [0, 0.1) is 5.92 Å². The van der Waals surface area contributed by atoms with E-state index >= 15 is 0 Å². The van der Waals surface area contributed by atoms with Crippen molar-refractivity contribution in [1.29, 1.82) is 0 Å². The van der Waals surface area contributed by atoms with E-state index in [1.165, 1.54) is 17.4 Å². The van der Waals surface area contributed by atoms with Crippen molar-refractivity contribution in [3.8, 4) is 0 Å². The van der Waals surface area contributed by atoms with Crippen molar-refractivity contribution in [3.05, 3.63) is 57.8 Å². The van der Waals surface area contributed by atoms with Gasteiger partial charge in [0.05, 0.1) is 16.4 Å². The Balaban J connectivity index is 1.86. The molecule has 156 valence electrons. The lowest BCUT2D eigenvalue weighted by Crippen LogP contribution is -2.36. The molecule has 4 nitrogen and oxygen atoms in total. The number of unbranched alkanes of at least 4 members (excludes halogenated alkanes) is 1. The zero-order valence-electron chi connectivity index (χ0n) is 16.0. The average Bonchev–Trinajstić information content (AvgIpc) is 3.37. The van der Waals surface area contributed by atoms with Gasteiger partial charge < -0.3 is 10.2 Å². The minimum Gasteiger partial charge on any atom is -0.356 e. The van der Waals surface area contributed by atoms with Crippen molar-refractivity contribution in [2.45, 2.75) is 31.9 Å². The summed E-state index contributed by atoms with van der Waals surface area (Å²) in [5.41, 5.74) is -0.319. The van der Waals surface area contributed by atoms with Crippen LogP contribution in [0.25, 0.3) is 0 Å². The minimum atomic E-state index is -4.46. The monoisotopic (exact) mass is 424 g/mol. The molecule has 0 bridgehead atoms. The first-order chi connectivity index (χ1) is 13.8. The molecule has 0 spiro atoms. The maximum absolute atomic E-state index is 13.2. The van der Waals surface area contributed by atoms with Crippen LogP contribution in [0.4, 0.5) is 13.2 Å². The summed E-state index contributed by atoms with van der Waals surface area (Å²) in [4.78, 5) is 27.7. The smallest absolute Gasteiger partial charge is 0.356 e. The Bertz CT molecular complexity index is 852. The molecule has 1 aromatic heterocycles. The molecule has 0 saturated carbocycles. The number of thiophene rings is 1. The van der Waals surface area contributed by atoms with E-state index in [1.807, 2.05) is 6.92 Å². The van der Waals surface area contributed by atoms with Crippen molar-refractivity contribution in [2.24, 2.45) is 5.92 Å². The van der Waals surface area contributed by atoms with E-state index in [4.69, 9.17) is 0 Å². The summed E-state index contributed by atoms with van der Waals surface area (Å²) in [5.74, 6) is -1.48. The summed E-state index contributed by atoms with van der Waals surface area (Å²) in [6.45, 7) is 2.92. The summed E-state index contributed by atoms with van der Waals surface area (Å²) in [6, 6.07) is 8.55. The molecule has 0 aliphatic carbocycles. The number of hydrogen-bond donors (Lipinski definition) is 1. The third-order valence-corrected chi connectivity index (χ3v) is 6.01. The van der Waals surface area contributed by atoms with Crippen LogP contribution in [-0.2, 0) is 11.0 Å². The molecule has 2 atom stereocenters. The van der Waals surface area contributed by atoms with E-state index in [0.717, 1.165) is 25.0 Å². The molecule has 1 saturated heterocycles. The predicted molar refractivity (Wildman–Crippen MR) is 106 cm³/mol. The SMILES string of the molecule is CCCCNC(=O)C1CN(C(=O)c2cccs2)CC1c1cccc(C(F)(F)F)c1. The van der Waals surface area contributed by atoms with Crippen LogP contribution in [0.3, 0.4) is 0 Å². The summed E-state index contributed by atoms with van der Waals surface area (Å²) < 4.78 is 39.5. The van der Waals surface area contributed by atoms with Crippen LogP contribution in [0.15, 0.2) is 41.8 Å². The summed E-state index contributed by atoms with van der Waals surface area (Å²) in [6.07, 6.45) is -2.71. The van der Waals surface area contributed by atoms with Crippen molar-refractivity contribution in [2.75, 3.05) is 19.6 Å². The van der Waals surface area contributed by atoms with Gasteiger partial charge in [0.25, 0.3) is 5.91 Å². The first kappa shape index (κ1) is 21.4. The van der Waals surface area contributed by atoms with Crippen LogP contribution >= 0.6 is 11.3 Å². The first-order valence-corrected chi connectivity index (χ1v) is 10.5. The highest BCUT2D eigenvalue weighted by Crippen LogP contribution is 2.37. The Hall–Kier alpha value is -2.35. The standard InChI is InChI=1S/C21H23F3N2O2S/c1-2-3-9-25-19(27)17-13-26(20(28)18-8-5-10-29-18)12-16(17)14-6-4-7-15(11-14)21(22,23)24/h4-8,10-11,16-17H,2-3,9,12-13H2,1H3,(H,25,27). The van der Waals surface area contributed by atoms with Gasteiger partial charge in [-0.3, -0.25) is 9.59 Å². The van der Waals surface area contributed by atoms with E-state index in [2.05, 4.69) is 5.32 Å². The molecule has 2 aromatic rings. The predicted octanol–water partition coefficient (Wildman–Crippen LogP) is 4.54. The number of benzene rings is 1. The third kappa shape index (κ3) is 4.98. The molecule has 1 aliphatic rings. The molecular weight excluding hydrogens is 401 g/mol. The van der Waals surface area contributed by atoms with Crippen molar-refractivity contribution >= 4 is 23.2 Å². The maximum Gasteiger partial charge on any atom is 0.416 e. The summed E-state index contributed by atoms with van der Waals surface area (Å²) in [7, 11) is 0. The lowest BCUT2D eigenvalue weighted by molar-refractivity contribution is -0.137. The quantitative estimate of drug-likeness (QED) is 0.693. The zero-order chi connectivity index (χ0) is 21.0. The Labute approximate surface area is 171 Å². The number of hydrogen-bond acceptors (Lipinski definition) is 3. The summed E-state index contributed by atoms with van der Waals surface area (Å²) in [5, 5.41) is 4.66. The Morgan fingerprint density at radius 3 is 2.66 bits per heavy atom. The van der Waals surface area contributed by atoms with Crippen LogP contribution < -0.4 is 5.32 Å². The molecular formula is C21H23F3N2O2S. The molecule has 8 heteroatoms. The number of nitrogens with one attached hydrogen (secondary N) is 1. The highest BCUT2D eigenvalue weighted by molar-refractivity contribution is 7.12. The second-order valence-electron chi connectivity index (χ2n) is 7.17. The number of alkyl halides is 3. The Morgan fingerprint density at radius 1 is 1.21 bits per heavy atom. The van der Waals surface area contributed by atoms with Gasteiger partial charge in [-0.05, 0) is 29.5 Å². The maximum atomic E-state index is 13.2. The molecule has 2 unspecified atom stereocenters. The zero-order valence-corrected chi connectivity index (χ0v) is 16.9. The number of rotatable bonds is 6. The Kier molecular flexibility index (Phi) is 6.62. The van der Waals surface area contributed by atoms with Gasteiger partial charge in [-0.15, -0.1) is 11.3 Å². The molecule has 1 aromatic carbocycles. The topological polar surface area (TPSA) is 49.4 Å².